The lowest BCUT2D eigenvalue weighted by molar-refractivity contribution is -0.220. The number of hydrogen-bond acceptors (Lipinski definition) is 12. The Kier molecular flexibility index (Phi) is 41.2. The Labute approximate surface area is 407 Å². The summed E-state index contributed by atoms with van der Waals surface area (Å²) >= 11 is 0. The molecule has 0 bridgehead atoms. The number of carbonyl (C=O) groups is 2. The van der Waals surface area contributed by atoms with Gasteiger partial charge in [-0.2, -0.15) is 0 Å². The molecule has 0 aromatic heterocycles. The van der Waals surface area contributed by atoms with Crippen molar-refractivity contribution in [2.24, 2.45) is 0 Å². The minimum atomic E-state index is -5.12. The number of carbonyl (C=O) groups excluding carboxylic acids is 2. The maximum Gasteiger partial charge on any atom is 0.472 e. The van der Waals surface area contributed by atoms with Crippen LogP contribution in [0.15, 0.2) is 12.2 Å². The maximum atomic E-state index is 12.9. The highest BCUT2D eigenvalue weighted by Crippen LogP contribution is 2.47. The summed E-state index contributed by atoms with van der Waals surface area (Å²) in [6, 6.07) is 0. The van der Waals surface area contributed by atoms with Gasteiger partial charge in [0.05, 0.1) is 6.61 Å². The Hall–Kier alpha value is -1.41. The van der Waals surface area contributed by atoms with Crippen molar-refractivity contribution in [1.29, 1.82) is 0 Å². The van der Waals surface area contributed by atoms with Crippen LogP contribution in [0.1, 0.15) is 258 Å². The quantitative estimate of drug-likeness (QED) is 0.0145. The number of phosphoric acid groups is 1. The van der Waals surface area contributed by atoms with Crippen molar-refractivity contribution in [3.63, 3.8) is 0 Å². The molecule has 0 aliphatic heterocycles. The highest BCUT2D eigenvalue weighted by atomic mass is 31.2. The average molecular weight is 977 g/mol. The van der Waals surface area contributed by atoms with Gasteiger partial charge >= 0.3 is 19.8 Å². The number of hydrogen-bond donors (Lipinski definition) is 6. The van der Waals surface area contributed by atoms with Crippen LogP contribution in [0.4, 0.5) is 0 Å². The van der Waals surface area contributed by atoms with Crippen molar-refractivity contribution in [3.8, 4) is 0 Å². The molecule has 67 heavy (non-hydrogen) atoms. The first-order chi connectivity index (χ1) is 32.4. The van der Waals surface area contributed by atoms with E-state index in [1.165, 1.54) is 173 Å². The largest absolute Gasteiger partial charge is 0.472 e. The number of allylic oxidation sites excluding steroid dienone is 2. The summed E-state index contributed by atoms with van der Waals surface area (Å²) in [5, 5.41) is 50.3. The number of esters is 2. The Bertz CT molecular complexity index is 1220. The SMILES string of the molecule is CCCC/C=C/CCCCCCCCCCCC(=O)OC[C@H](COP(=O)(O)OC1C(O)C(O)C(O)[C@@H](O)C1O)OC(=O)CCCCCCCCCCCCCCCCCCCCCCCCC. The molecule has 0 saturated heterocycles. The van der Waals surface area contributed by atoms with E-state index < -0.39 is 75.7 Å². The van der Waals surface area contributed by atoms with Crippen molar-refractivity contribution in [2.75, 3.05) is 13.2 Å². The van der Waals surface area contributed by atoms with Crippen LogP contribution >= 0.6 is 7.82 Å². The monoisotopic (exact) mass is 977 g/mol. The van der Waals surface area contributed by atoms with Gasteiger partial charge in [-0.05, 0) is 32.1 Å². The number of rotatable bonds is 47. The second-order valence-electron chi connectivity index (χ2n) is 19.4. The van der Waals surface area contributed by atoms with E-state index in [0.717, 1.165) is 44.9 Å². The highest BCUT2D eigenvalue weighted by Gasteiger charge is 2.51. The molecular formula is C53H101O13P. The van der Waals surface area contributed by atoms with E-state index in [-0.39, 0.29) is 12.8 Å². The van der Waals surface area contributed by atoms with E-state index >= 15 is 0 Å². The molecule has 396 valence electrons. The molecule has 8 atom stereocenters. The van der Waals surface area contributed by atoms with E-state index in [1.54, 1.807) is 0 Å². The van der Waals surface area contributed by atoms with E-state index in [4.69, 9.17) is 18.5 Å². The molecule has 13 nitrogen and oxygen atoms in total. The molecule has 1 saturated carbocycles. The normalized spacial score (nSPS) is 21.1. The van der Waals surface area contributed by atoms with E-state index in [9.17, 15) is 44.6 Å². The third kappa shape index (κ3) is 35.4. The summed E-state index contributed by atoms with van der Waals surface area (Å²) in [6.07, 6.45) is 35.5. The standard InChI is InChI=1S/C53H101O13P/c1-3-5-7-9-11-13-15-17-19-20-21-22-23-24-25-26-28-30-32-34-36-38-40-42-47(55)65-45(44-64-67(61,62)66-53-51(59)49(57)48(56)50(58)52(53)60)43-63-46(54)41-39-37-35-33-31-29-27-18-16-14-12-10-8-6-4-2/h10,12,45,48-53,56-60H,3-9,11,13-44H2,1-2H3,(H,61,62)/b12-10+/t45-,48?,49-,50?,51?,52?,53?/m1/s1. The second-order valence-corrected chi connectivity index (χ2v) is 20.9. The summed E-state index contributed by atoms with van der Waals surface area (Å²) in [4.78, 5) is 35.9. The summed E-state index contributed by atoms with van der Waals surface area (Å²) in [7, 11) is -5.12. The van der Waals surface area contributed by atoms with Gasteiger partial charge in [0.1, 0.15) is 43.2 Å². The minimum absolute atomic E-state index is 0.103. The Balaban J connectivity index is 2.33. The Morgan fingerprint density at radius 2 is 0.776 bits per heavy atom. The van der Waals surface area contributed by atoms with Crippen molar-refractivity contribution in [2.45, 2.75) is 301 Å². The van der Waals surface area contributed by atoms with Crippen LogP contribution in [-0.2, 0) is 32.7 Å². The predicted octanol–water partition coefficient (Wildman–Crippen LogP) is 12.2. The molecule has 0 aromatic carbocycles. The summed E-state index contributed by atoms with van der Waals surface area (Å²) < 4.78 is 33.7. The zero-order valence-corrected chi connectivity index (χ0v) is 43.4. The molecule has 1 rings (SSSR count). The smallest absolute Gasteiger partial charge is 0.462 e. The van der Waals surface area contributed by atoms with Crippen LogP contribution in [0.3, 0.4) is 0 Å². The van der Waals surface area contributed by atoms with Crippen LogP contribution in [0.25, 0.3) is 0 Å². The van der Waals surface area contributed by atoms with Crippen LogP contribution in [0, 0.1) is 0 Å². The van der Waals surface area contributed by atoms with Crippen molar-refractivity contribution < 1.29 is 63.1 Å². The molecule has 0 amide bonds. The molecule has 0 heterocycles. The van der Waals surface area contributed by atoms with E-state index in [2.05, 4.69) is 26.0 Å². The van der Waals surface area contributed by atoms with Gasteiger partial charge in [-0.3, -0.25) is 18.6 Å². The average Bonchev–Trinajstić information content (AvgIpc) is 3.31. The third-order valence-corrected chi connectivity index (χ3v) is 14.1. The Morgan fingerprint density at radius 3 is 1.18 bits per heavy atom. The summed E-state index contributed by atoms with van der Waals surface area (Å²) in [6.45, 7) is 3.32. The summed E-state index contributed by atoms with van der Waals surface area (Å²) in [5.74, 6) is -1.09. The van der Waals surface area contributed by atoms with Gasteiger partial charge in [-0.25, -0.2) is 4.57 Å². The zero-order chi connectivity index (χ0) is 49.2. The molecule has 1 aliphatic carbocycles. The van der Waals surface area contributed by atoms with Gasteiger partial charge in [-0.1, -0.05) is 225 Å². The lowest BCUT2D eigenvalue weighted by Crippen LogP contribution is -2.64. The van der Waals surface area contributed by atoms with Crippen molar-refractivity contribution in [3.05, 3.63) is 12.2 Å². The Morgan fingerprint density at radius 1 is 0.448 bits per heavy atom. The van der Waals surface area contributed by atoms with E-state index in [0.29, 0.717) is 12.8 Å². The molecule has 0 aromatic rings. The minimum Gasteiger partial charge on any atom is -0.462 e. The lowest BCUT2D eigenvalue weighted by Gasteiger charge is -2.41. The fourth-order valence-corrected chi connectivity index (χ4v) is 9.66. The van der Waals surface area contributed by atoms with Gasteiger partial charge in [-0.15, -0.1) is 0 Å². The lowest BCUT2D eigenvalue weighted by atomic mass is 9.85. The molecule has 6 N–H and O–H groups in total. The number of aliphatic hydroxyl groups is 5. The molecule has 0 radical (unpaired) electrons. The van der Waals surface area contributed by atoms with Gasteiger partial charge in [0.15, 0.2) is 6.10 Å². The first-order valence-electron chi connectivity index (χ1n) is 27.5. The first kappa shape index (κ1) is 63.6. The number of ether oxygens (including phenoxy) is 2. The van der Waals surface area contributed by atoms with Crippen LogP contribution < -0.4 is 0 Å². The molecule has 1 aliphatic rings. The van der Waals surface area contributed by atoms with Gasteiger partial charge < -0.3 is 39.9 Å². The van der Waals surface area contributed by atoms with E-state index in [1.807, 2.05) is 0 Å². The zero-order valence-electron chi connectivity index (χ0n) is 42.5. The second kappa shape index (κ2) is 43.4. The van der Waals surface area contributed by atoms with Gasteiger partial charge in [0.2, 0.25) is 0 Å². The maximum absolute atomic E-state index is 12.9. The highest BCUT2D eigenvalue weighted by molar-refractivity contribution is 7.47. The topological polar surface area (TPSA) is 210 Å². The van der Waals surface area contributed by atoms with Crippen LogP contribution in [0.5, 0.6) is 0 Å². The fraction of sp³-hybridized carbons (Fsp3) is 0.925. The molecule has 14 heteroatoms. The molecule has 1 fully saturated rings. The van der Waals surface area contributed by atoms with Gasteiger partial charge in [0, 0.05) is 12.8 Å². The van der Waals surface area contributed by atoms with Crippen molar-refractivity contribution >= 4 is 19.8 Å². The summed E-state index contributed by atoms with van der Waals surface area (Å²) in [5.41, 5.74) is 0. The first-order valence-corrected chi connectivity index (χ1v) is 29.0. The van der Waals surface area contributed by atoms with Gasteiger partial charge in [0.25, 0.3) is 0 Å². The predicted molar refractivity (Wildman–Crippen MR) is 267 cm³/mol. The van der Waals surface area contributed by atoms with Crippen molar-refractivity contribution in [1.82, 2.24) is 0 Å². The third-order valence-electron chi connectivity index (χ3n) is 13.1. The number of unbranched alkanes of at least 4 members (excludes halogenated alkanes) is 33. The van der Waals surface area contributed by atoms with Crippen LogP contribution in [0.2, 0.25) is 0 Å². The number of aliphatic hydroxyl groups excluding tert-OH is 5. The molecule has 6 unspecified atom stereocenters. The molecule has 0 spiro atoms. The fourth-order valence-electron chi connectivity index (χ4n) is 8.68. The van der Waals surface area contributed by atoms with Crippen LogP contribution in [-0.4, -0.2) is 98.3 Å². The number of phosphoric ester groups is 1. The molecular weight excluding hydrogens is 876 g/mol.